The summed E-state index contributed by atoms with van der Waals surface area (Å²) in [7, 11) is 0. The third-order valence-corrected chi connectivity index (χ3v) is 2.81. The number of hydrogen-bond acceptors (Lipinski definition) is 0. The average molecular weight is 308 g/mol. The Morgan fingerprint density at radius 2 is 1.09 bits per heavy atom. The summed E-state index contributed by atoms with van der Waals surface area (Å²) in [6, 6.07) is 0. The molecule has 11 heavy (non-hydrogen) atoms. The van der Waals surface area contributed by atoms with Gasteiger partial charge in [-0.2, -0.15) is 27.8 Å². The van der Waals surface area contributed by atoms with E-state index < -0.39 is 0 Å². The molecule has 0 fully saturated rings. The van der Waals surface area contributed by atoms with Crippen LogP contribution in [0.25, 0.3) is 0 Å². The van der Waals surface area contributed by atoms with Gasteiger partial charge in [-0.1, -0.05) is 34.6 Å². The van der Waals surface area contributed by atoms with Crippen molar-refractivity contribution in [2.75, 3.05) is 0 Å². The van der Waals surface area contributed by atoms with Crippen molar-refractivity contribution < 1.29 is 46.9 Å². The van der Waals surface area contributed by atoms with Crippen molar-refractivity contribution >= 4 is 0 Å². The van der Waals surface area contributed by atoms with E-state index in [2.05, 4.69) is 34.6 Å². The van der Waals surface area contributed by atoms with E-state index in [1.54, 1.807) is 0 Å². The molecular formula is C10H15Yb-. The van der Waals surface area contributed by atoms with E-state index in [-0.39, 0.29) is 46.9 Å². The van der Waals surface area contributed by atoms with E-state index in [9.17, 15) is 0 Å². The maximum Gasteiger partial charge on any atom is 0 e. The molecule has 0 heterocycles. The molecule has 0 nitrogen and oxygen atoms in total. The molecule has 0 aliphatic rings. The molecule has 1 aromatic rings. The summed E-state index contributed by atoms with van der Waals surface area (Å²) in [6.07, 6.45) is 0. The standard InChI is InChI=1S/C10H15.Yb/c1-6-7(2)9(4)10(5)8(6)3;/h1-5H3;/q-1;. The first-order valence-electron chi connectivity index (χ1n) is 3.75. The molecule has 0 saturated heterocycles. The monoisotopic (exact) mass is 309 g/mol. The Kier molecular flexibility index (Phi) is 4.54. The van der Waals surface area contributed by atoms with Crippen LogP contribution < -0.4 is 0 Å². The molecule has 0 amide bonds. The van der Waals surface area contributed by atoms with Crippen molar-refractivity contribution in [3.8, 4) is 0 Å². The van der Waals surface area contributed by atoms with Crippen LogP contribution in [-0.2, 0) is 0 Å². The number of rotatable bonds is 0. The van der Waals surface area contributed by atoms with Gasteiger partial charge in [-0.15, -0.1) is 0 Å². The molecule has 0 aromatic heterocycles. The van der Waals surface area contributed by atoms with Crippen LogP contribution in [0.1, 0.15) is 27.8 Å². The average Bonchev–Trinajstić information content (AvgIpc) is 2.07. The van der Waals surface area contributed by atoms with Gasteiger partial charge >= 0.3 is 0 Å². The van der Waals surface area contributed by atoms with Gasteiger partial charge in [0.1, 0.15) is 0 Å². The van der Waals surface area contributed by atoms with Crippen molar-refractivity contribution in [1.82, 2.24) is 0 Å². The fraction of sp³-hybridized carbons (Fsp3) is 0.500. The largest absolute Gasteiger partial charge is 0.196 e. The molecule has 1 aromatic carbocycles. The second kappa shape index (κ2) is 4.20. The van der Waals surface area contributed by atoms with Gasteiger partial charge in [0.2, 0.25) is 0 Å². The Bertz CT molecular complexity index is 176. The van der Waals surface area contributed by atoms with Crippen LogP contribution in [0.2, 0.25) is 0 Å². The van der Waals surface area contributed by atoms with Gasteiger partial charge in [0.05, 0.1) is 0 Å². The summed E-state index contributed by atoms with van der Waals surface area (Å²) in [6.45, 7) is 11.0. The normalized spacial score (nSPS) is 9.55. The Labute approximate surface area is 108 Å². The molecule has 0 atom stereocenters. The first kappa shape index (κ1) is 11.9. The first-order chi connectivity index (χ1) is 4.55. The minimum Gasteiger partial charge on any atom is -0.196 e. The van der Waals surface area contributed by atoms with Crippen LogP contribution in [0.5, 0.6) is 0 Å². The van der Waals surface area contributed by atoms with Crippen LogP contribution >= 0.6 is 0 Å². The zero-order valence-electron chi connectivity index (χ0n) is 7.77. The van der Waals surface area contributed by atoms with Gasteiger partial charge in [0, 0.05) is 46.9 Å². The van der Waals surface area contributed by atoms with Gasteiger partial charge in [0.15, 0.2) is 0 Å². The van der Waals surface area contributed by atoms with Gasteiger partial charge in [0.25, 0.3) is 0 Å². The fourth-order valence-electron chi connectivity index (χ4n) is 1.41. The predicted molar refractivity (Wildman–Crippen MR) is 45.7 cm³/mol. The maximum absolute atomic E-state index is 2.20. The van der Waals surface area contributed by atoms with Gasteiger partial charge in [-0.3, -0.25) is 0 Å². The summed E-state index contributed by atoms with van der Waals surface area (Å²) in [5.41, 5.74) is 7.34. The summed E-state index contributed by atoms with van der Waals surface area (Å²) in [5.74, 6) is 0. The summed E-state index contributed by atoms with van der Waals surface area (Å²) < 4.78 is 0. The molecule has 70 valence electrons. The molecule has 0 unspecified atom stereocenters. The van der Waals surface area contributed by atoms with Crippen molar-refractivity contribution in [3.63, 3.8) is 0 Å². The minimum absolute atomic E-state index is 0. The maximum atomic E-state index is 2.20. The van der Waals surface area contributed by atoms with Crippen LogP contribution in [0.4, 0.5) is 0 Å². The molecular weight excluding hydrogens is 293 g/mol. The van der Waals surface area contributed by atoms with Crippen LogP contribution in [0.3, 0.4) is 0 Å². The summed E-state index contributed by atoms with van der Waals surface area (Å²) >= 11 is 0. The van der Waals surface area contributed by atoms with E-state index in [1.165, 1.54) is 27.8 Å². The third kappa shape index (κ3) is 1.96. The second-order valence-corrected chi connectivity index (χ2v) is 3.12. The number of hydrogen-bond donors (Lipinski definition) is 0. The summed E-state index contributed by atoms with van der Waals surface area (Å²) in [4.78, 5) is 0. The Balaban J connectivity index is 0.000001000. The molecule has 1 heteroatoms. The topological polar surface area (TPSA) is 0 Å². The first-order valence-corrected chi connectivity index (χ1v) is 3.75. The fourth-order valence-corrected chi connectivity index (χ4v) is 1.41. The molecule has 0 saturated carbocycles. The van der Waals surface area contributed by atoms with Crippen LogP contribution in [0.15, 0.2) is 0 Å². The van der Waals surface area contributed by atoms with E-state index in [0.717, 1.165) is 0 Å². The van der Waals surface area contributed by atoms with Gasteiger partial charge in [-0.25, -0.2) is 0 Å². The van der Waals surface area contributed by atoms with E-state index >= 15 is 0 Å². The van der Waals surface area contributed by atoms with Crippen LogP contribution in [0, 0.1) is 81.5 Å². The van der Waals surface area contributed by atoms with Crippen molar-refractivity contribution in [2.24, 2.45) is 0 Å². The molecule has 1 rings (SSSR count). The minimum atomic E-state index is 0. The molecule has 0 N–H and O–H groups in total. The van der Waals surface area contributed by atoms with Crippen LogP contribution in [-0.4, -0.2) is 0 Å². The smallest absolute Gasteiger partial charge is 0 e. The SMILES string of the molecule is Cc1c(C)c(C)[c-](C)c1C.[Yb]. The molecule has 0 spiro atoms. The van der Waals surface area contributed by atoms with E-state index in [1.807, 2.05) is 0 Å². The van der Waals surface area contributed by atoms with Gasteiger partial charge < -0.3 is 0 Å². The Hall–Kier alpha value is 0.869. The predicted octanol–water partition coefficient (Wildman–Crippen LogP) is 2.95. The molecule has 0 bridgehead atoms. The van der Waals surface area contributed by atoms with E-state index in [4.69, 9.17) is 0 Å². The summed E-state index contributed by atoms with van der Waals surface area (Å²) in [5, 5.41) is 0. The second-order valence-electron chi connectivity index (χ2n) is 3.12. The molecule has 0 aliphatic carbocycles. The van der Waals surface area contributed by atoms with Crippen molar-refractivity contribution in [1.29, 1.82) is 0 Å². The quantitative estimate of drug-likeness (QED) is 0.647. The molecule has 0 radical (unpaired) electrons. The molecule has 0 aliphatic heterocycles. The van der Waals surface area contributed by atoms with Crippen molar-refractivity contribution in [3.05, 3.63) is 27.8 Å². The Morgan fingerprint density at radius 3 is 1.18 bits per heavy atom. The van der Waals surface area contributed by atoms with E-state index in [0.29, 0.717) is 0 Å². The van der Waals surface area contributed by atoms with Crippen molar-refractivity contribution in [2.45, 2.75) is 34.6 Å². The zero-order valence-corrected chi connectivity index (χ0v) is 9.48. The third-order valence-electron chi connectivity index (χ3n) is 2.81. The zero-order chi connectivity index (χ0) is 7.89. The Morgan fingerprint density at radius 1 is 0.818 bits per heavy atom. The van der Waals surface area contributed by atoms with Gasteiger partial charge in [-0.05, 0) is 0 Å².